The van der Waals surface area contributed by atoms with Crippen LogP contribution < -0.4 is 5.32 Å². The van der Waals surface area contributed by atoms with E-state index >= 15 is 0 Å². The summed E-state index contributed by atoms with van der Waals surface area (Å²) in [5.74, 6) is 0.0317. The van der Waals surface area contributed by atoms with Crippen molar-refractivity contribution in [2.45, 2.75) is 19.0 Å². The smallest absolute Gasteiger partial charge is 0.234 e. The highest BCUT2D eigenvalue weighted by molar-refractivity contribution is 7.99. The van der Waals surface area contributed by atoms with Crippen molar-refractivity contribution in [1.29, 1.82) is 0 Å². The van der Waals surface area contributed by atoms with Crippen molar-refractivity contribution in [3.05, 3.63) is 70.7 Å². The third-order valence-corrected chi connectivity index (χ3v) is 5.70. The van der Waals surface area contributed by atoms with Crippen LogP contribution in [0, 0.1) is 13.8 Å². The molecule has 0 aliphatic heterocycles. The molecule has 0 fully saturated rings. The van der Waals surface area contributed by atoms with Gasteiger partial charge in [0.25, 0.3) is 0 Å². The lowest BCUT2D eigenvalue weighted by Gasteiger charge is -2.06. The lowest BCUT2D eigenvalue weighted by molar-refractivity contribution is -0.113. The summed E-state index contributed by atoms with van der Waals surface area (Å²) in [6.45, 7) is 3.96. The molecule has 4 rings (SSSR count). The first-order valence-corrected chi connectivity index (χ1v) is 10.3. The zero-order chi connectivity index (χ0) is 20.4. The number of hydrogen-bond donors (Lipinski definition) is 1. The van der Waals surface area contributed by atoms with Gasteiger partial charge in [-0.1, -0.05) is 59.3 Å². The third-order valence-electron chi connectivity index (χ3n) is 4.37. The van der Waals surface area contributed by atoms with E-state index in [2.05, 4.69) is 20.6 Å². The summed E-state index contributed by atoms with van der Waals surface area (Å²) < 4.78 is 1.66. The summed E-state index contributed by atoms with van der Waals surface area (Å²) in [4.78, 5) is 12.3. The molecule has 4 aromatic rings. The molecule has 0 saturated carbocycles. The van der Waals surface area contributed by atoms with E-state index in [1.165, 1.54) is 17.3 Å². The standard InChI is InChI=1S/C21H18ClN5OS/c1-13-3-6-15(7-4-13)18-9-10-19-24-25-21(27(19)26-18)29-12-20(28)23-16-8-5-14(2)17(22)11-16/h3-11H,12H2,1-2H3,(H,23,28). The molecule has 146 valence electrons. The van der Waals surface area contributed by atoms with Crippen LogP contribution >= 0.6 is 23.4 Å². The van der Waals surface area contributed by atoms with Gasteiger partial charge in [0, 0.05) is 16.3 Å². The highest BCUT2D eigenvalue weighted by Gasteiger charge is 2.12. The number of nitrogens with one attached hydrogen (secondary N) is 1. The minimum absolute atomic E-state index is 0.152. The number of halogens is 1. The molecule has 0 aliphatic rings. The molecule has 0 atom stereocenters. The summed E-state index contributed by atoms with van der Waals surface area (Å²) in [6.07, 6.45) is 0. The van der Waals surface area contributed by atoms with Gasteiger partial charge >= 0.3 is 0 Å². The Morgan fingerprint density at radius 1 is 1.07 bits per heavy atom. The first kappa shape index (κ1) is 19.4. The molecule has 0 saturated heterocycles. The van der Waals surface area contributed by atoms with E-state index in [-0.39, 0.29) is 11.7 Å². The van der Waals surface area contributed by atoms with E-state index in [1.54, 1.807) is 10.6 Å². The zero-order valence-corrected chi connectivity index (χ0v) is 17.5. The molecule has 0 bridgehead atoms. The Balaban J connectivity index is 1.48. The van der Waals surface area contributed by atoms with Gasteiger partial charge in [0.15, 0.2) is 5.65 Å². The van der Waals surface area contributed by atoms with Crippen molar-refractivity contribution < 1.29 is 4.79 Å². The molecule has 0 unspecified atom stereocenters. The summed E-state index contributed by atoms with van der Waals surface area (Å²) in [6, 6.07) is 17.4. The molecule has 8 heteroatoms. The highest BCUT2D eigenvalue weighted by atomic mass is 35.5. The van der Waals surface area contributed by atoms with Crippen LogP contribution in [0.25, 0.3) is 16.9 Å². The summed E-state index contributed by atoms with van der Waals surface area (Å²) >= 11 is 7.39. The fraction of sp³-hybridized carbons (Fsp3) is 0.143. The molecule has 2 aromatic carbocycles. The Morgan fingerprint density at radius 3 is 2.62 bits per heavy atom. The molecule has 1 N–H and O–H groups in total. The molecule has 2 aromatic heterocycles. The second-order valence-corrected chi connectivity index (χ2v) is 7.99. The van der Waals surface area contributed by atoms with E-state index < -0.39 is 0 Å². The lowest BCUT2D eigenvalue weighted by atomic mass is 10.1. The highest BCUT2D eigenvalue weighted by Crippen LogP contribution is 2.22. The van der Waals surface area contributed by atoms with Crippen molar-refractivity contribution in [2.75, 3.05) is 11.1 Å². The Labute approximate surface area is 177 Å². The van der Waals surface area contributed by atoms with Crippen LogP contribution in [0.2, 0.25) is 5.02 Å². The number of carbonyl (C=O) groups is 1. The number of carbonyl (C=O) groups excluding carboxylic acids is 1. The fourth-order valence-electron chi connectivity index (χ4n) is 2.74. The van der Waals surface area contributed by atoms with Gasteiger partial charge in [-0.2, -0.15) is 9.61 Å². The van der Waals surface area contributed by atoms with E-state index in [0.717, 1.165) is 16.8 Å². The van der Waals surface area contributed by atoms with Gasteiger partial charge < -0.3 is 5.32 Å². The molecule has 1 amide bonds. The quantitative estimate of drug-likeness (QED) is 0.467. The molecule has 0 aliphatic carbocycles. The van der Waals surface area contributed by atoms with E-state index in [0.29, 0.717) is 21.5 Å². The Hall–Kier alpha value is -2.90. The van der Waals surface area contributed by atoms with Crippen molar-refractivity contribution in [3.63, 3.8) is 0 Å². The number of benzene rings is 2. The Bertz CT molecular complexity index is 1190. The number of fused-ring (bicyclic) bond motifs is 1. The number of amides is 1. The molecular weight excluding hydrogens is 406 g/mol. The van der Waals surface area contributed by atoms with Crippen LogP contribution in [0.1, 0.15) is 11.1 Å². The number of hydrogen-bond acceptors (Lipinski definition) is 5. The van der Waals surface area contributed by atoms with E-state index in [1.807, 2.05) is 62.4 Å². The van der Waals surface area contributed by atoms with Crippen LogP contribution in [0.5, 0.6) is 0 Å². The van der Waals surface area contributed by atoms with E-state index in [9.17, 15) is 4.79 Å². The lowest BCUT2D eigenvalue weighted by Crippen LogP contribution is -2.14. The van der Waals surface area contributed by atoms with Crippen LogP contribution in [0.4, 0.5) is 5.69 Å². The van der Waals surface area contributed by atoms with Crippen LogP contribution in [0.15, 0.2) is 59.8 Å². The molecule has 0 radical (unpaired) electrons. The summed E-state index contributed by atoms with van der Waals surface area (Å²) in [5.41, 5.74) is 5.28. The number of anilines is 1. The van der Waals surface area contributed by atoms with Crippen molar-refractivity contribution in [2.24, 2.45) is 0 Å². The average molecular weight is 424 g/mol. The van der Waals surface area contributed by atoms with E-state index in [4.69, 9.17) is 11.6 Å². The molecular formula is C21H18ClN5OS. The van der Waals surface area contributed by atoms with Crippen molar-refractivity contribution in [1.82, 2.24) is 19.8 Å². The second-order valence-electron chi connectivity index (χ2n) is 6.64. The molecule has 29 heavy (non-hydrogen) atoms. The van der Waals surface area contributed by atoms with Gasteiger partial charge in [-0.25, -0.2) is 0 Å². The summed E-state index contributed by atoms with van der Waals surface area (Å²) in [7, 11) is 0. The van der Waals surface area contributed by atoms with Gasteiger partial charge in [0.05, 0.1) is 11.4 Å². The SMILES string of the molecule is Cc1ccc(-c2ccc3nnc(SCC(=O)Nc4ccc(C)c(Cl)c4)n3n2)cc1. The second kappa shape index (κ2) is 8.23. The van der Waals surface area contributed by atoms with Crippen molar-refractivity contribution >= 4 is 40.6 Å². The zero-order valence-electron chi connectivity index (χ0n) is 15.9. The maximum Gasteiger partial charge on any atom is 0.234 e. The van der Waals surface area contributed by atoms with Crippen LogP contribution in [0.3, 0.4) is 0 Å². The molecule has 6 nitrogen and oxygen atoms in total. The summed E-state index contributed by atoms with van der Waals surface area (Å²) in [5, 5.41) is 17.0. The number of aryl methyl sites for hydroxylation is 2. The van der Waals surface area contributed by atoms with Crippen LogP contribution in [-0.4, -0.2) is 31.5 Å². The topological polar surface area (TPSA) is 72.2 Å². The van der Waals surface area contributed by atoms with Gasteiger partial charge in [0.1, 0.15) is 0 Å². The molecule has 0 spiro atoms. The number of nitrogens with zero attached hydrogens (tertiary/aromatic N) is 4. The predicted octanol–water partition coefficient (Wildman–Crippen LogP) is 4.79. The minimum Gasteiger partial charge on any atom is -0.325 e. The van der Waals surface area contributed by atoms with Crippen LogP contribution in [-0.2, 0) is 4.79 Å². The van der Waals surface area contributed by atoms with Gasteiger partial charge in [0.2, 0.25) is 11.1 Å². The predicted molar refractivity (Wildman–Crippen MR) is 116 cm³/mol. The Kier molecular flexibility index (Phi) is 5.51. The monoisotopic (exact) mass is 423 g/mol. The van der Waals surface area contributed by atoms with Gasteiger partial charge in [-0.05, 0) is 43.7 Å². The molecule has 2 heterocycles. The maximum absolute atomic E-state index is 12.3. The minimum atomic E-state index is -0.152. The average Bonchev–Trinajstić information content (AvgIpc) is 3.12. The third kappa shape index (κ3) is 4.41. The van der Waals surface area contributed by atoms with Gasteiger partial charge in [-0.15, -0.1) is 10.2 Å². The largest absolute Gasteiger partial charge is 0.325 e. The van der Waals surface area contributed by atoms with Gasteiger partial charge in [-0.3, -0.25) is 4.79 Å². The first-order valence-electron chi connectivity index (χ1n) is 8.98. The normalized spacial score (nSPS) is 11.0. The number of rotatable bonds is 5. The van der Waals surface area contributed by atoms with Crippen molar-refractivity contribution in [3.8, 4) is 11.3 Å². The number of thioether (sulfide) groups is 1. The Morgan fingerprint density at radius 2 is 1.86 bits per heavy atom. The first-order chi connectivity index (χ1) is 14.0. The number of aromatic nitrogens is 4. The fourth-order valence-corrected chi connectivity index (χ4v) is 3.60. The maximum atomic E-state index is 12.3.